The second kappa shape index (κ2) is 7.93. The molecule has 1 amide bonds. The van der Waals surface area contributed by atoms with Crippen LogP contribution in [0.15, 0.2) is 30.3 Å². The number of aryl methyl sites for hydroxylation is 2. The number of benzene rings is 2. The van der Waals surface area contributed by atoms with Crippen molar-refractivity contribution in [2.45, 2.75) is 33.7 Å². The number of hydrogen-bond donors (Lipinski definition) is 1. The zero-order valence-electron chi connectivity index (χ0n) is 16.7. The number of nitrogens with one attached hydrogen (secondary N) is 1. The van der Waals surface area contributed by atoms with Crippen molar-refractivity contribution in [1.29, 1.82) is 0 Å². The smallest absolute Gasteiger partial charge is 0.262 e. The zero-order chi connectivity index (χ0) is 20.5. The molecule has 0 fully saturated rings. The molecule has 150 valence electrons. The van der Waals surface area contributed by atoms with E-state index in [9.17, 15) is 13.2 Å². The molecule has 2 aromatic rings. The van der Waals surface area contributed by atoms with Crippen LogP contribution in [0.5, 0.6) is 5.75 Å². The molecule has 0 aliphatic carbocycles. The van der Waals surface area contributed by atoms with E-state index in [1.54, 1.807) is 0 Å². The lowest BCUT2D eigenvalue weighted by Gasteiger charge is -2.27. The van der Waals surface area contributed by atoms with Crippen LogP contribution in [-0.2, 0) is 27.8 Å². The van der Waals surface area contributed by atoms with Crippen LogP contribution < -0.4 is 10.1 Å². The van der Waals surface area contributed by atoms with Crippen LogP contribution in [0.4, 0.5) is 5.69 Å². The zero-order valence-corrected chi connectivity index (χ0v) is 17.5. The van der Waals surface area contributed by atoms with E-state index in [0.717, 1.165) is 27.8 Å². The van der Waals surface area contributed by atoms with E-state index in [-0.39, 0.29) is 12.5 Å². The first-order valence-corrected chi connectivity index (χ1v) is 11.1. The molecule has 0 saturated heterocycles. The lowest BCUT2D eigenvalue weighted by Crippen LogP contribution is -2.35. The highest BCUT2D eigenvalue weighted by atomic mass is 32.2. The molecular formula is C21H26N2O4S. The van der Waals surface area contributed by atoms with Crippen molar-refractivity contribution in [2.75, 3.05) is 24.7 Å². The van der Waals surface area contributed by atoms with Crippen LogP contribution >= 0.6 is 0 Å². The molecule has 3 rings (SSSR count). The third-order valence-electron chi connectivity index (χ3n) is 5.06. The van der Waals surface area contributed by atoms with Crippen molar-refractivity contribution in [3.8, 4) is 5.75 Å². The van der Waals surface area contributed by atoms with Crippen molar-refractivity contribution in [3.63, 3.8) is 0 Å². The average molecular weight is 403 g/mol. The number of anilines is 1. The molecule has 0 unspecified atom stereocenters. The fourth-order valence-corrected chi connectivity index (χ4v) is 4.18. The van der Waals surface area contributed by atoms with Gasteiger partial charge in [0.15, 0.2) is 6.61 Å². The number of hydrogen-bond acceptors (Lipinski definition) is 4. The van der Waals surface area contributed by atoms with Crippen LogP contribution in [0.1, 0.15) is 27.8 Å². The maximum Gasteiger partial charge on any atom is 0.262 e. The first-order valence-electron chi connectivity index (χ1n) is 9.21. The summed E-state index contributed by atoms with van der Waals surface area (Å²) in [5.74, 6) is 0.455. The maximum atomic E-state index is 12.3. The van der Waals surface area contributed by atoms with Crippen LogP contribution in [0.2, 0.25) is 0 Å². The average Bonchev–Trinajstić information content (AvgIpc) is 2.62. The number of carbonyl (C=O) groups is 1. The minimum absolute atomic E-state index is 0.0870. The molecule has 0 aromatic heterocycles. The van der Waals surface area contributed by atoms with Crippen molar-refractivity contribution in [2.24, 2.45) is 0 Å². The minimum atomic E-state index is -3.23. The van der Waals surface area contributed by atoms with Crippen LogP contribution in [0, 0.1) is 20.8 Å². The molecule has 0 bridgehead atoms. The summed E-state index contributed by atoms with van der Waals surface area (Å²) in [6.07, 6.45) is 1.89. The van der Waals surface area contributed by atoms with Gasteiger partial charge in [-0.05, 0) is 73.2 Å². The quantitative estimate of drug-likeness (QED) is 0.834. The molecule has 0 atom stereocenters. The third-order valence-corrected chi connectivity index (χ3v) is 6.31. The number of amides is 1. The van der Waals surface area contributed by atoms with Gasteiger partial charge in [-0.1, -0.05) is 12.1 Å². The van der Waals surface area contributed by atoms with Gasteiger partial charge in [-0.15, -0.1) is 0 Å². The van der Waals surface area contributed by atoms with Crippen molar-refractivity contribution in [1.82, 2.24) is 4.31 Å². The molecule has 1 aliphatic heterocycles. The van der Waals surface area contributed by atoms with Gasteiger partial charge in [-0.25, -0.2) is 8.42 Å². The van der Waals surface area contributed by atoms with E-state index in [4.69, 9.17) is 4.74 Å². The summed E-state index contributed by atoms with van der Waals surface area (Å²) in [4.78, 5) is 12.3. The Balaban J connectivity index is 1.65. The van der Waals surface area contributed by atoms with Crippen molar-refractivity contribution >= 4 is 21.6 Å². The van der Waals surface area contributed by atoms with Crippen LogP contribution in [0.25, 0.3) is 0 Å². The molecule has 1 aliphatic rings. The number of fused-ring (bicyclic) bond motifs is 1. The molecule has 0 spiro atoms. The van der Waals surface area contributed by atoms with E-state index in [2.05, 4.69) is 11.4 Å². The van der Waals surface area contributed by atoms with Gasteiger partial charge in [0, 0.05) is 18.8 Å². The molecule has 28 heavy (non-hydrogen) atoms. The first-order chi connectivity index (χ1) is 13.1. The molecule has 0 saturated carbocycles. The third kappa shape index (κ3) is 4.72. The van der Waals surface area contributed by atoms with Gasteiger partial charge in [0.1, 0.15) is 5.75 Å². The van der Waals surface area contributed by atoms with Gasteiger partial charge in [-0.3, -0.25) is 4.79 Å². The van der Waals surface area contributed by atoms with E-state index < -0.39 is 10.0 Å². The number of carbonyl (C=O) groups excluding carboxylic acids is 1. The van der Waals surface area contributed by atoms with Gasteiger partial charge in [0.2, 0.25) is 10.0 Å². The highest BCUT2D eigenvalue weighted by Gasteiger charge is 2.23. The Hall–Kier alpha value is -2.38. The van der Waals surface area contributed by atoms with Gasteiger partial charge < -0.3 is 10.1 Å². The van der Waals surface area contributed by atoms with E-state index in [1.165, 1.54) is 10.6 Å². The molecular weight excluding hydrogens is 376 g/mol. The highest BCUT2D eigenvalue weighted by molar-refractivity contribution is 7.88. The number of sulfonamides is 1. The summed E-state index contributed by atoms with van der Waals surface area (Å²) >= 11 is 0. The minimum Gasteiger partial charge on any atom is -0.483 e. The fourth-order valence-electron chi connectivity index (χ4n) is 3.38. The molecule has 2 aromatic carbocycles. The first kappa shape index (κ1) is 20.4. The second-order valence-corrected chi connectivity index (χ2v) is 9.35. The summed E-state index contributed by atoms with van der Waals surface area (Å²) in [6, 6.07) is 9.63. The van der Waals surface area contributed by atoms with Gasteiger partial charge in [0.05, 0.1) is 6.26 Å². The van der Waals surface area contributed by atoms with Crippen LogP contribution in [-0.4, -0.2) is 38.0 Å². The monoisotopic (exact) mass is 402 g/mol. The molecule has 6 nitrogen and oxygen atoms in total. The Morgan fingerprint density at radius 3 is 2.61 bits per heavy atom. The summed E-state index contributed by atoms with van der Waals surface area (Å²) in [6.45, 7) is 6.71. The Bertz CT molecular complexity index is 1020. The van der Waals surface area contributed by atoms with Gasteiger partial charge >= 0.3 is 0 Å². The fraction of sp³-hybridized carbons (Fsp3) is 0.381. The lowest BCUT2D eigenvalue weighted by molar-refractivity contribution is -0.118. The molecule has 1 heterocycles. The SMILES string of the molecule is Cc1cc(C)c(C)c(OCC(=O)Nc2ccc3c(c2)CN(S(C)(=O)=O)CC3)c1. The Labute approximate surface area is 166 Å². The van der Waals surface area contributed by atoms with Gasteiger partial charge in [-0.2, -0.15) is 4.31 Å². The predicted molar refractivity (Wildman–Crippen MR) is 110 cm³/mol. The van der Waals surface area contributed by atoms with E-state index in [0.29, 0.717) is 30.9 Å². The van der Waals surface area contributed by atoms with Crippen molar-refractivity contribution in [3.05, 3.63) is 58.1 Å². The second-order valence-electron chi connectivity index (χ2n) is 7.37. The number of rotatable bonds is 5. The molecule has 1 N–H and O–H groups in total. The summed E-state index contributed by atoms with van der Waals surface area (Å²) in [5, 5.41) is 2.83. The molecule has 7 heteroatoms. The summed E-state index contributed by atoms with van der Waals surface area (Å²) in [7, 11) is -3.23. The van der Waals surface area contributed by atoms with Crippen molar-refractivity contribution < 1.29 is 17.9 Å². The largest absolute Gasteiger partial charge is 0.483 e. The van der Waals surface area contributed by atoms with Gasteiger partial charge in [0.25, 0.3) is 5.91 Å². The standard InChI is InChI=1S/C21H26N2O4S/c1-14-9-15(2)16(3)20(10-14)27-13-21(24)22-19-6-5-17-7-8-23(28(4,25)26)12-18(17)11-19/h5-6,9-11H,7-8,12-13H2,1-4H3,(H,22,24). The topological polar surface area (TPSA) is 75.7 Å². The highest BCUT2D eigenvalue weighted by Crippen LogP contribution is 2.25. The lowest BCUT2D eigenvalue weighted by atomic mass is 10.0. The number of ether oxygens (including phenoxy) is 1. The maximum absolute atomic E-state index is 12.3. The van der Waals surface area contributed by atoms with E-state index in [1.807, 2.05) is 45.0 Å². The molecule has 0 radical (unpaired) electrons. The normalized spacial score (nSPS) is 14.4. The number of nitrogens with zero attached hydrogens (tertiary/aromatic N) is 1. The Kier molecular flexibility index (Phi) is 5.76. The summed E-state index contributed by atoms with van der Waals surface area (Å²) in [5.41, 5.74) is 5.90. The Morgan fingerprint density at radius 2 is 1.89 bits per heavy atom. The predicted octanol–water partition coefficient (Wildman–Crippen LogP) is 2.95. The Morgan fingerprint density at radius 1 is 1.14 bits per heavy atom. The summed E-state index contributed by atoms with van der Waals surface area (Å²) < 4.78 is 30.7. The van der Waals surface area contributed by atoms with E-state index >= 15 is 0 Å². The van der Waals surface area contributed by atoms with Crippen LogP contribution in [0.3, 0.4) is 0 Å².